The number of nitriles is 1. The molecule has 7 nitrogen and oxygen atoms in total. The van der Waals surface area contributed by atoms with Gasteiger partial charge in [0, 0.05) is 38.4 Å². The average molecular weight is 410 g/mol. The number of carbonyl (C=O) groups excluding carboxylic acids is 1. The molecule has 0 aliphatic carbocycles. The summed E-state index contributed by atoms with van der Waals surface area (Å²) in [5.74, 6) is -0.722. The van der Waals surface area contributed by atoms with E-state index in [1.54, 1.807) is 17.3 Å². The van der Waals surface area contributed by atoms with Crippen LogP contribution in [0.5, 0.6) is 0 Å². The van der Waals surface area contributed by atoms with Gasteiger partial charge in [-0.25, -0.2) is 23.8 Å². The topological polar surface area (TPSA) is 76.4 Å². The van der Waals surface area contributed by atoms with Crippen LogP contribution in [0.4, 0.5) is 14.7 Å². The molecule has 1 aromatic carbocycles. The molecule has 1 spiro atoms. The van der Waals surface area contributed by atoms with Crippen LogP contribution in [0.2, 0.25) is 0 Å². The van der Waals surface area contributed by atoms with Gasteiger partial charge in [0.05, 0.1) is 11.5 Å². The van der Waals surface area contributed by atoms with Gasteiger partial charge >= 0.3 is 0 Å². The van der Waals surface area contributed by atoms with Crippen LogP contribution in [0.15, 0.2) is 30.5 Å². The molecule has 3 saturated heterocycles. The molecular formula is C21H20F2N6O. The van der Waals surface area contributed by atoms with Gasteiger partial charge in [0.2, 0.25) is 11.9 Å². The summed E-state index contributed by atoms with van der Waals surface area (Å²) in [5, 5.41) is 12.8. The third kappa shape index (κ3) is 2.99. The summed E-state index contributed by atoms with van der Waals surface area (Å²) in [6, 6.07) is 6.73. The van der Waals surface area contributed by atoms with Gasteiger partial charge in [0.15, 0.2) is 0 Å². The summed E-state index contributed by atoms with van der Waals surface area (Å²) < 4.78 is 27.5. The van der Waals surface area contributed by atoms with Crippen molar-refractivity contribution in [2.75, 3.05) is 31.1 Å². The first kappa shape index (κ1) is 18.9. The van der Waals surface area contributed by atoms with E-state index >= 15 is 0 Å². The third-order valence-corrected chi connectivity index (χ3v) is 6.44. The van der Waals surface area contributed by atoms with Crippen molar-refractivity contribution in [1.29, 1.82) is 5.26 Å². The van der Waals surface area contributed by atoms with Gasteiger partial charge < -0.3 is 4.90 Å². The Morgan fingerprint density at radius 1 is 1.13 bits per heavy atom. The Kier molecular flexibility index (Phi) is 4.40. The number of aromatic nitrogens is 2. The number of hydrazine groups is 1. The molecule has 2 aromatic rings. The highest BCUT2D eigenvalue weighted by atomic mass is 19.1. The summed E-state index contributed by atoms with van der Waals surface area (Å²) in [6.07, 6.45) is 3.51. The number of halogens is 2. The zero-order valence-electron chi connectivity index (χ0n) is 16.3. The number of hydrogen-bond donors (Lipinski definition) is 0. The normalized spacial score (nSPS) is 23.1. The van der Waals surface area contributed by atoms with Crippen LogP contribution < -0.4 is 4.90 Å². The van der Waals surface area contributed by atoms with Crippen molar-refractivity contribution in [3.8, 4) is 6.07 Å². The number of nitrogens with zero attached hydrogens (tertiary/aromatic N) is 6. The SMILES string of the molecule is N#Cc1ccnc(N2CCC3(CC2)CN2CC[C@@H](c4cc(F)cc(F)c4)N2C3=O)n1. The molecule has 0 bridgehead atoms. The van der Waals surface area contributed by atoms with E-state index in [-0.39, 0.29) is 11.9 Å². The molecule has 0 saturated carbocycles. The Morgan fingerprint density at radius 2 is 1.87 bits per heavy atom. The van der Waals surface area contributed by atoms with E-state index in [4.69, 9.17) is 5.26 Å². The third-order valence-electron chi connectivity index (χ3n) is 6.44. The fourth-order valence-electron chi connectivity index (χ4n) is 4.93. The molecule has 0 radical (unpaired) electrons. The van der Waals surface area contributed by atoms with Crippen molar-refractivity contribution in [2.45, 2.75) is 25.3 Å². The number of benzene rings is 1. The van der Waals surface area contributed by atoms with Crippen molar-refractivity contribution in [2.24, 2.45) is 5.41 Å². The van der Waals surface area contributed by atoms with Gasteiger partial charge in [-0.1, -0.05) is 0 Å². The van der Waals surface area contributed by atoms with Gasteiger partial charge in [0.25, 0.3) is 0 Å². The van der Waals surface area contributed by atoms with Crippen LogP contribution in [0, 0.1) is 28.4 Å². The van der Waals surface area contributed by atoms with Crippen LogP contribution in [0.1, 0.15) is 36.6 Å². The van der Waals surface area contributed by atoms with E-state index < -0.39 is 17.0 Å². The largest absolute Gasteiger partial charge is 0.341 e. The van der Waals surface area contributed by atoms with E-state index in [2.05, 4.69) is 9.97 Å². The minimum Gasteiger partial charge on any atom is -0.341 e. The molecule has 5 rings (SSSR count). The summed E-state index contributed by atoms with van der Waals surface area (Å²) >= 11 is 0. The monoisotopic (exact) mass is 410 g/mol. The Hall–Kier alpha value is -3.12. The van der Waals surface area contributed by atoms with Crippen molar-refractivity contribution in [3.63, 3.8) is 0 Å². The van der Waals surface area contributed by atoms with Gasteiger partial charge in [-0.15, -0.1) is 0 Å². The molecular weight excluding hydrogens is 390 g/mol. The van der Waals surface area contributed by atoms with E-state index in [0.717, 1.165) is 6.07 Å². The second-order valence-electron chi connectivity index (χ2n) is 8.17. The molecule has 3 fully saturated rings. The summed E-state index contributed by atoms with van der Waals surface area (Å²) in [4.78, 5) is 24.0. The Bertz CT molecular complexity index is 1030. The molecule has 9 heteroatoms. The standard InChI is InChI=1S/C21H20F2N6O/c22-15-9-14(10-16(23)11-15)18-2-6-28-13-21(19(30)29(18)28)3-7-27(8-4-21)20-25-5-1-17(12-24)26-20/h1,5,9-11,18H,2-4,6-8,13H2/t18-/m0/s1. The van der Waals surface area contributed by atoms with E-state index in [1.807, 2.05) is 16.0 Å². The Balaban J connectivity index is 1.34. The molecule has 30 heavy (non-hydrogen) atoms. The van der Waals surface area contributed by atoms with Crippen molar-refractivity contribution >= 4 is 11.9 Å². The first-order valence-corrected chi connectivity index (χ1v) is 10.0. The van der Waals surface area contributed by atoms with Crippen LogP contribution in [0.3, 0.4) is 0 Å². The number of carbonyl (C=O) groups is 1. The van der Waals surface area contributed by atoms with Crippen molar-refractivity contribution in [1.82, 2.24) is 20.0 Å². The minimum absolute atomic E-state index is 0.0287. The number of anilines is 1. The highest BCUT2D eigenvalue weighted by Crippen LogP contribution is 2.47. The first-order valence-electron chi connectivity index (χ1n) is 10.0. The van der Waals surface area contributed by atoms with Gasteiger partial charge in [-0.05, 0) is 43.0 Å². The molecule has 154 valence electrons. The predicted octanol–water partition coefficient (Wildman–Crippen LogP) is 2.42. The van der Waals surface area contributed by atoms with Crippen molar-refractivity contribution in [3.05, 3.63) is 53.4 Å². The molecule has 1 atom stereocenters. The summed E-state index contributed by atoms with van der Waals surface area (Å²) in [7, 11) is 0. The van der Waals surface area contributed by atoms with Gasteiger partial charge in [-0.2, -0.15) is 5.26 Å². The lowest BCUT2D eigenvalue weighted by molar-refractivity contribution is -0.143. The van der Waals surface area contributed by atoms with Crippen LogP contribution in [-0.4, -0.2) is 52.1 Å². The second kappa shape index (κ2) is 6.99. The number of rotatable bonds is 2. The minimum atomic E-state index is -0.627. The zero-order valence-corrected chi connectivity index (χ0v) is 16.3. The quantitative estimate of drug-likeness (QED) is 0.757. The lowest BCUT2D eigenvalue weighted by atomic mass is 9.78. The highest BCUT2D eigenvalue weighted by molar-refractivity contribution is 5.85. The summed E-state index contributed by atoms with van der Waals surface area (Å²) in [6.45, 7) is 2.53. The molecule has 1 aromatic heterocycles. The fraction of sp³-hybridized carbons (Fsp3) is 0.429. The second-order valence-corrected chi connectivity index (χ2v) is 8.17. The molecule has 4 heterocycles. The number of hydrogen-bond acceptors (Lipinski definition) is 6. The van der Waals surface area contributed by atoms with E-state index in [1.165, 1.54) is 12.1 Å². The zero-order chi connectivity index (χ0) is 20.9. The number of amides is 1. The highest BCUT2D eigenvalue weighted by Gasteiger charge is 2.56. The molecule has 3 aliphatic rings. The molecule has 1 amide bonds. The molecule has 0 N–H and O–H groups in total. The van der Waals surface area contributed by atoms with E-state index in [9.17, 15) is 13.6 Å². The smallest absolute Gasteiger partial charge is 0.245 e. The molecule has 3 aliphatic heterocycles. The molecule has 0 unspecified atom stereocenters. The number of fused-ring (bicyclic) bond motifs is 1. The fourth-order valence-corrected chi connectivity index (χ4v) is 4.93. The average Bonchev–Trinajstić information content (AvgIpc) is 3.26. The number of piperidine rings is 1. The maximum Gasteiger partial charge on any atom is 0.245 e. The van der Waals surface area contributed by atoms with E-state index in [0.29, 0.717) is 62.6 Å². The maximum atomic E-state index is 13.7. The lowest BCUT2D eigenvalue weighted by Crippen LogP contribution is -2.46. The van der Waals surface area contributed by atoms with Crippen LogP contribution in [0.25, 0.3) is 0 Å². The Labute approximate surface area is 172 Å². The Morgan fingerprint density at radius 3 is 2.57 bits per heavy atom. The van der Waals surface area contributed by atoms with Crippen molar-refractivity contribution < 1.29 is 13.6 Å². The van der Waals surface area contributed by atoms with Crippen LogP contribution in [-0.2, 0) is 4.79 Å². The lowest BCUT2D eigenvalue weighted by Gasteiger charge is -2.37. The van der Waals surface area contributed by atoms with Gasteiger partial charge in [-0.3, -0.25) is 9.80 Å². The first-order chi connectivity index (χ1) is 14.5. The predicted molar refractivity (Wildman–Crippen MR) is 103 cm³/mol. The van der Waals surface area contributed by atoms with Gasteiger partial charge in [0.1, 0.15) is 23.4 Å². The van der Waals surface area contributed by atoms with Crippen LogP contribution >= 0.6 is 0 Å². The maximum absolute atomic E-state index is 13.7. The summed E-state index contributed by atoms with van der Waals surface area (Å²) in [5.41, 5.74) is 0.308.